The topological polar surface area (TPSA) is 70.8 Å². The van der Waals surface area contributed by atoms with Gasteiger partial charge in [-0.15, -0.1) is 0 Å². The van der Waals surface area contributed by atoms with Crippen LogP contribution in [0.15, 0.2) is 52.0 Å². The normalized spacial score (nSPS) is 15.7. The van der Waals surface area contributed by atoms with Crippen LogP contribution in [0.1, 0.15) is 31.4 Å². The fourth-order valence-electron chi connectivity index (χ4n) is 3.17. The zero-order valence-corrected chi connectivity index (χ0v) is 15.8. The van der Waals surface area contributed by atoms with Crippen molar-refractivity contribution in [2.45, 2.75) is 37.1 Å². The van der Waals surface area contributed by atoms with Crippen molar-refractivity contribution in [3.63, 3.8) is 0 Å². The molecule has 6 nitrogen and oxygen atoms in total. The van der Waals surface area contributed by atoms with E-state index in [0.717, 1.165) is 36.1 Å². The molecular formula is C19H23FN2O4S. The van der Waals surface area contributed by atoms with Crippen molar-refractivity contribution in [2.75, 3.05) is 19.6 Å². The van der Waals surface area contributed by atoms with Crippen LogP contribution in [0.25, 0.3) is 0 Å². The van der Waals surface area contributed by atoms with Gasteiger partial charge in [-0.3, -0.25) is 4.79 Å². The highest BCUT2D eigenvalue weighted by Crippen LogP contribution is 2.22. The van der Waals surface area contributed by atoms with Gasteiger partial charge in [-0.05, 0) is 37.1 Å². The molecule has 2 aromatic rings. The SMILES string of the molecule is O=C(CN(Cc1ccco1)S(=O)(=O)c1ccccc1F)N1CCCCCC1. The van der Waals surface area contributed by atoms with Crippen molar-refractivity contribution in [3.8, 4) is 0 Å². The maximum absolute atomic E-state index is 14.1. The summed E-state index contributed by atoms with van der Waals surface area (Å²) in [5.74, 6) is -0.730. The molecule has 1 amide bonds. The zero-order valence-electron chi connectivity index (χ0n) is 15.0. The van der Waals surface area contributed by atoms with Crippen molar-refractivity contribution in [3.05, 3.63) is 54.2 Å². The largest absolute Gasteiger partial charge is 0.468 e. The summed E-state index contributed by atoms with van der Waals surface area (Å²) < 4.78 is 46.5. The van der Waals surface area contributed by atoms with Crippen molar-refractivity contribution in [1.82, 2.24) is 9.21 Å². The highest BCUT2D eigenvalue weighted by Gasteiger charge is 2.31. The first-order valence-electron chi connectivity index (χ1n) is 9.03. The van der Waals surface area contributed by atoms with Gasteiger partial charge < -0.3 is 9.32 Å². The van der Waals surface area contributed by atoms with Crippen LogP contribution < -0.4 is 0 Å². The van der Waals surface area contributed by atoms with Crippen molar-refractivity contribution >= 4 is 15.9 Å². The number of halogens is 1. The van der Waals surface area contributed by atoms with Gasteiger partial charge in [0.05, 0.1) is 19.4 Å². The third-order valence-electron chi connectivity index (χ3n) is 4.64. The second kappa shape index (κ2) is 8.67. The summed E-state index contributed by atoms with van der Waals surface area (Å²) in [6.45, 7) is 0.751. The minimum absolute atomic E-state index is 0.136. The quantitative estimate of drug-likeness (QED) is 0.755. The molecular weight excluding hydrogens is 371 g/mol. The Labute approximate surface area is 158 Å². The second-order valence-corrected chi connectivity index (χ2v) is 8.48. The molecule has 0 radical (unpaired) electrons. The standard InChI is InChI=1S/C19H23FN2O4S/c20-17-9-3-4-10-18(17)27(24,25)22(14-16-8-7-13-26-16)15-19(23)21-11-5-1-2-6-12-21/h3-4,7-10,13H,1-2,5-6,11-12,14-15H2. The Bertz CT molecular complexity index is 860. The summed E-state index contributed by atoms with van der Waals surface area (Å²) >= 11 is 0. The van der Waals surface area contributed by atoms with Crippen LogP contribution in [0.3, 0.4) is 0 Å². The average molecular weight is 394 g/mol. The predicted octanol–water partition coefficient (Wildman–Crippen LogP) is 3.01. The summed E-state index contributed by atoms with van der Waals surface area (Å²) in [7, 11) is -4.20. The maximum Gasteiger partial charge on any atom is 0.246 e. The Morgan fingerprint density at radius 2 is 1.78 bits per heavy atom. The maximum atomic E-state index is 14.1. The Kier molecular flexibility index (Phi) is 6.28. The number of sulfonamides is 1. The van der Waals surface area contributed by atoms with E-state index in [1.165, 1.54) is 24.5 Å². The van der Waals surface area contributed by atoms with Crippen LogP contribution in [0, 0.1) is 5.82 Å². The van der Waals surface area contributed by atoms with Crippen LogP contribution in [-0.4, -0.2) is 43.2 Å². The number of likely N-dealkylation sites (tertiary alicyclic amines) is 1. The molecule has 1 aromatic heterocycles. The first kappa shape index (κ1) is 19.6. The molecule has 1 aliphatic rings. The number of furan rings is 1. The van der Waals surface area contributed by atoms with Crippen LogP contribution in [0.5, 0.6) is 0 Å². The molecule has 8 heteroatoms. The van der Waals surface area contributed by atoms with Gasteiger partial charge >= 0.3 is 0 Å². The molecule has 146 valence electrons. The fraction of sp³-hybridized carbons (Fsp3) is 0.421. The molecule has 0 saturated carbocycles. The molecule has 1 fully saturated rings. The lowest BCUT2D eigenvalue weighted by Gasteiger charge is -2.26. The second-order valence-electron chi connectivity index (χ2n) is 6.58. The molecule has 0 atom stereocenters. The van der Waals surface area contributed by atoms with E-state index in [1.54, 1.807) is 17.0 Å². The molecule has 0 bridgehead atoms. The van der Waals surface area contributed by atoms with Gasteiger partial charge in [-0.1, -0.05) is 25.0 Å². The van der Waals surface area contributed by atoms with Crippen molar-refractivity contribution < 1.29 is 22.0 Å². The molecule has 27 heavy (non-hydrogen) atoms. The number of carbonyl (C=O) groups excluding carboxylic acids is 1. The summed E-state index contributed by atoms with van der Waals surface area (Å²) in [4.78, 5) is 14.0. The molecule has 1 saturated heterocycles. The molecule has 0 N–H and O–H groups in total. The summed E-state index contributed by atoms with van der Waals surface area (Å²) in [6.07, 6.45) is 5.37. The van der Waals surface area contributed by atoms with Crippen LogP contribution in [0.2, 0.25) is 0 Å². The van der Waals surface area contributed by atoms with Gasteiger partial charge in [0.2, 0.25) is 15.9 Å². The van der Waals surface area contributed by atoms with Gasteiger partial charge in [-0.2, -0.15) is 4.31 Å². The van der Waals surface area contributed by atoms with E-state index < -0.39 is 20.7 Å². The van der Waals surface area contributed by atoms with Crippen LogP contribution in [-0.2, 0) is 21.4 Å². The molecule has 2 heterocycles. The number of benzene rings is 1. The van der Waals surface area contributed by atoms with Crippen LogP contribution in [0.4, 0.5) is 4.39 Å². The van der Waals surface area contributed by atoms with Crippen molar-refractivity contribution in [1.29, 1.82) is 0 Å². The zero-order chi connectivity index (χ0) is 19.3. The number of carbonyl (C=O) groups is 1. The first-order valence-corrected chi connectivity index (χ1v) is 10.5. The Balaban J connectivity index is 1.86. The minimum atomic E-state index is -4.20. The lowest BCUT2D eigenvalue weighted by atomic mass is 10.2. The van der Waals surface area contributed by atoms with Crippen LogP contribution >= 0.6 is 0 Å². The van der Waals surface area contributed by atoms with Gasteiger partial charge in [0, 0.05) is 13.1 Å². The fourth-order valence-corrected chi connectivity index (χ4v) is 4.59. The number of hydrogen-bond acceptors (Lipinski definition) is 4. The Morgan fingerprint density at radius 1 is 1.07 bits per heavy atom. The van der Waals surface area contributed by atoms with Crippen molar-refractivity contribution in [2.24, 2.45) is 0 Å². The summed E-state index contributed by atoms with van der Waals surface area (Å²) in [6, 6.07) is 8.44. The number of hydrogen-bond donors (Lipinski definition) is 0. The van der Waals surface area contributed by atoms with Gasteiger partial charge in [0.1, 0.15) is 16.5 Å². The third kappa shape index (κ3) is 4.75. The van der Waals surface area contributed by atoms with E-state index in [2.05, 4.69) is 0 Å². The number of nitrogens with zero attached hydrogens (tertiary/aromatic N) is 2. The third-order valence-corrected chi connectivity index (χ3v) is 6.46. The summed E-state index contributed by atoms with van der Waals surface area (Å²) in [5, 5.41) is 0. The van der Waals surface area contributed by atoms with E-state index >= 15 is 0 Å². The number of amides is 1. The van der Waals surface area contributed by atoms with E-state index in [0.29, 0.717) is 18.8 Å². The molecule has 1 aliphatic heterocycles. The summed E-state index contributed by atoms with van der Waals surface area (Å²) in [5.41, 5.74) is 0. The van der Waals surface area contributed by atoms with Gasteiger partial charge in [0.25, 0.3) is 0 Å². The molecule has 0 spiro atoms. The van der Waals surface area contributed by atoms with E-state index in [-0.39, 0.29) is 19.0 Å². The van der Waals surface area contributed by atoms with Gasteiger partial charge in [-0.25, -0.2) is 12.8 Å². The monoisotopic (exact) mass is 394 g/mol. The highest BCUT2D eigenvalue weighted by molar-refractivity contribution is 7.89. The molecule has 0 aliphatic carbocycles. The van der Waals surface area contributed by atoms with E-state index in [1.807, 2.05) is 0 Å². The molecule has 3 rings (SSSR count). The predicted molar refractivity (Wildman–Crippen MR) is 97.8 cm³/mol. The lowest BCUT2D eigenvalue weighted by Crippen LogP contribution is -2.43. The minimum Gasteiger partial charge on any atom is -0.468 e. The lowest BCUT2D eigenvalue weighted by molar-refractivity contribution is -0.131. The Morgan fingerprint density at radius 3 is 2.41 bits per heavy atom. The molecule has 0 unspecified atom stereocenters. The molecule has 1 aromatic carbocycles. The Hall–Kier alpha value is -2.19. The smallest absolute Gasteiger partial charge is 0.246 e. The van der Waals surface area contributed by atoms with Gasteiger partial charge in [0.15, 0.2) is 0 Å². The van der Waals surface area contributed by atoms with E-state index in [9.17, 15) is 17.6 Å². The van der Waals surface area contributed by atoms with E-state index in [4.69, 9.17) is 4.42 Å². The highest BCUT2D eigenvalue weighted by atomic mass is 32.2. The first-order chi connectivity index (χ1) is 13.0. The number of rotatable bonds is 6. The average Bonchev–Trinajstić information content (AvgIpc) is 3.00.